The Bertz CT molecular complexity index is 1110. The van der Waals surface area contributed by atoms with Gasteiger partial charge >= 0.3 is 5.97 Å². The summed E-state index contributed by atoms with van der Waals surface area (Å²) in [5.41, 5.74) is 4.43. The molecule has 6 heteroatoms. The van der Waals surface area contributed by atoms with Crippen LogP contribution >= 0.6 is 0 Å². The molecule has 0 aliphatic carbocycles. The van der Waals surface area contributed by atoms with Crippen LogP contribution < -0.4 is 5.32 Å². The molecule has 1 N–H and O–H groups in total. The molecule has 2 aromatic carbocycles. The standard InChI is InChI=1S/C22H19NO5/c1-12-3-5-16-15(10-27-20(16)7-12)9-21(25)28-11-19(24)14-4-6-18-17(8-14)13(2)22(26)23-18/h3-8,10,13H,9,11H2,1-2H3,(H,23,26)/t13-/m1/s1. The van der Waals surface area contributed by atoms with Crippen molar-refractivity contribution in [2.75, 3.05) is 11.9 Å². The number of ether oxygens (including phenoxy) is 1. The minimum atomic E-state index is -0.497. The first-order valence-corrected chi connectivity index (χ1v) is 9.03. The van der Waals surface area contributed by atoms with E-state index < -0.39 is 5.97 Å². The zero-order valence-corrected chi connectivity index (χ0v) is 15.6. The smallest absolute Gasteiger partial charge is 0.310 e. The Morgan fingerprint density at radius 2 is 2.00 bits per heavy atom. The van der Waals surface area contributed by atoms with E-state index in [0.717, 1.165) is 22.1 Å². The minimum absolute atomic E-state index is 0.0307. The highest BCUT2D eigenvalue weighted by molar-refractivity contribution is 6.05. The predicted molar refractivity (Wildman–Crippen MR) is 103 cm³/mol. The van der Waals surface area contributed by atoms with Crippen LogP contribution in [0.15, 0.2) is 47.1 Å². The number of rotatable bonds is 5. The van der Waals surface area contributed by atoms with E-state index in [2.05, 4.69) is 5.32 Å². The Morgan fingerprint density at radius 1 is 1.18 bits per heavy atom. The molecule has 4 rings (SSSR count). The second-order valence-electron chi connectivity index (χ2n) is 7.03. The number of carbonyl (C=O) groups excluding carboxylic acids is 3. The van der Waals surface area contributed by atoms with Crippen LogP contribution in [0.2, 0.25) is 0 Å². The number of fused-ring (bicyclic) bond motifs is 2. The molecule has 6 nitrogen and oxygen atoms in total. The fraction of sp³-hybridized carbons (Fsp3) is 0.227. The third-order valence-corrected chi connectivity index (χ3v) is 5.00. The van der Waals surface area contributed by atoms with Crippen molar-refractivity contribution < 1.29 is 23.5 Å². The van der Waals surface area contributed by atoms with Gasteiger partial charge in [0.15, 0.2) is 12.4 Å². The number of anilines is 1. The van der Waals surface area contributed by atoms with E-state index >= 15 is 0 Å². The van der Waals surface area contributed by atoms with E-state index in [1.54, 1.807) is 31.4 Å². The van der Waals surface area contributed by atoms with Crippen molar-refractivity contribution in [3.8, 4) is 0 Å². The lowest BCUT2D eigenvalue weighted by Crippen LogP contribution is -2.15. The Morgan fingerprint density at radius 3 is 2.82 bits per heavy atom. The van der Waals surface area contributed by atoms with Gasteiger partial charge in [-0.15, -0.1) is 0 Å². The first-order valence-electron chi connectivity index (χ1n) is 9.03. The molecule has 1 amide bonds. The Balaban J connectivity index is 1.39. The lowest BCUT2D eigenvalue weighted by Gasteiger charge is -2.07. The summed E-state index contributed by atoms with van der Waals surface area (Å²) in [6.07, 6.45) is 1.57. The second-order valence-corrected chi connectivity index (χ2v) is 7.03. The number of esters is 1. The molecule has 0 fully saturated rings. The van der Waals surface area contributed by atoms with Crippen LogP contribution in [-0.4, -0.2) is 24.3 Å². The summed E-state index contributed by atoms with van der Waals surface area (Å²) < 4.78 is 10.6. The highest BCUT2D eigenvalue weighted by Crippen LogP contribution is 2.32. The average Bonchev–Trinajstić information content (AvgIpc) is 3.19. The molecule has 0 spiro atoms. The molecule has 1 atom stereocenters. The van der Waals surface area contributed by atoms with Gasteiger partial charge in [0.1, 0.15) is 5.58 Å². The summed E-state index contributed by atoms with van der Waals surface area (Å²) in [6, 6.07) is 10.8. The number of aryl methyl sites for hydroxylation is 1. The summed E-state index contributed by atoms with van der Waals surface area (Å²) in [7, 11) is 0. The number of Topliss-reactive ketones (excluding diaryl/α,β-unsaturated/α-hetero) is 1. The van der Waals surface area contributed by atoms with Gasteiger partial charge in [0.2, 0.25) is 5.91 Å². The summed E-state index contributed by atoms with van der Waals surface area (Å²) in [5, 5.41) is 3.62. The number of furan rings is 1. The topological polar surface area (TPSA) is 85.6 Å². The van der Waals surface area contributed by atoms with Crippen molar-refractivity contribution in [2.45, 2.75) is 26.2 Å². The fourth-order valence-electron chi connectivity index (χ4n) is 3.35. The van der Waals surface area contributed by atoms with Gasteiger partial charge in [0.05, 0.1) is 18.6 Å². The average molecular weight is 377 g/mol. The third kappa shape index (κ3) is 3.29. The highest BCUT2D eigenvalue weighted by atomic mass is 16.5. The molecule has 0 bridgehead atoms. The van der Waals surface area contributed by atoms with E-state index in [-0.39, 0.29) is 30.6 Å². The van der Waals surface area contributed by atoms with Gasteiger partial charge < -0.3 is 14.5 Å². The number of amides is 1. The van der Waals surface area contributed by atoms with E-state index in [1.165, 1.54) is 0 Å². The Labute approximate surface area is 161 Å². The maximum absolute atomic E-state index is 12.4. The molecule has 2 heterocycles. The lowest BCUT2D eigenvalue weighted by atomic mass is 9.99. The number of carbonyl (C=O) groups is 3. The maximum Gasteiger partial charge on any atom is 0.310 e. The van der Waals surface area contributed by atoms with E-state index in [0.29, 0.717) is 16.8 Å². The van der Waals surface area contributed by atoms with Gasteiger partial charge in [0.25, 0.3) is 0 Å². The molecule has 28 heavy (non-hydrogen) atoms. The van der Waals surface area contributed by atoms with Gasteiger partial charge in [-0.05, 0) is 49.2 Å². The van der Waals surface area contributed by atoms with Crippen molar-refractivity contribution in [1.29, 1.82) is 0 Å². The molecule has 0 radical (unpaired) electrons. The normalized spacial score (nSPS) is 15.4. The minimum Gasteiger partial charge on any atom is -0.464 e. The molecular formula is C22H19NO5. The van der Waals surface area contributed by atoms with Crippen molar-refractivity contribution >= 4 is 34.3 Å². The van der Waals surface area contributed by atoms with Crippen LogP contribution in [0.25, 0.3) is 11.0 Å². The second kappa shape index (κ2) is 6.96. The van der Waals surface area contributed by atoms with E-state index in [4.69, 9.17) is 9.15 Å². The number of hydrogen-bond donors (Lipinski definition) is 1. The van der Waals surface area contributed by atoms with Gasteiger partial charge in [-0.25, -0.2) is 0 Å². The molecule has 0 saturated heterocycles. The predicted octanol–water partition coefficient (Wildman–Crippen LogP) is 3.77. The van der Waals surface area contributed by atoms with Crippen molar-refractivity contribution in [2.24, 2.45) is 0 Å². The monoisotopic (exact) mass is 377 g/mol. The van der Waals surface area contributed by atoms with E-state index in [1.807, 2.05) is 25.1 Å². The Kier molecular flexibility index (Phi) is 4.47. The maximum atomic E-state index is 12.4. The summed E-state index contributed by atoms with van der Waals surface area (Å²) in [4.78, 5) is 36.3. The van der Waals surface area contributed by atoms with Crippen molar-refractivity contribution in [1.82, 2.24) is 0 Å². The van der Waals surface area contributed by atoms with Crippen LogP contribution in [0, 0.1) is 6.92 Å². The summed E-state index contributed by atoms with van der Waals surface area (Å²) in [6.45, 7) is 3.40. The number of nitrogens with one attached hydrogen (secondary N) is 1. The highest BCUT2D eigenvalue weighted by Gasteiger charge is 2.27. The van der Waals surface area contributed by atoms with E-state index in [9.17, 15) is 14.4 Å². The zero-order valence-electron chi connectivity index (χ0n) is 15.6. The van der Waals surface area contributed by atoms with Crippen LogP contribution in [0.3, 0.4) is 0 Å². The largest absolute Gasteiger partial charge is 0.464 e. The van der Waals surface area contributed by atoms with Gasteiger partial charge in [0, 0.05) is 22.2 Å². The van der Waals surface area contributed by atoms with Crippen LogP contribution in [0.5, 0.6) is 0 Å². The molecule has 0 saturated carbocycles. The molecule has 142 valence electrons. The lowest BCUT2D eigenvalue weighted by molar-refractivity contribution is -0.141. The Hall–Kier alpha value is -3.41. The quantitative estimate of drug-likeness (QED) is 0.540. The molecule has 3 aromatic rings. The first kappa shape index (κ1) is 18.0. The molecular weight excluding hydrogens is 358 g/mol. The third-order valence-electron chi connectivity index (χ3n) is 5.00. The van der Waals surface area contributed by atoms with Crippen LogP contribution in [0.1, 0.15) is 39.9 Å². The van der Waals surface area contributed by atoms with Crippen LogP contribution in [-0.2, 0) is 20.7 Å². The van der Waals surface area contributed by atoms with Crippen molar-refractivity contribution in [3.63, 3.8) is 0 Å². The van der Waals surface area contributed by atoms with Crippen molar-refractivity contribution in [3.05, 3.63) is 64.9 Å². The van der Waals surface area contributed by atoms with Gasteiger partial charge in [-0.3, -0.25) is 14.4 Å². The molecule has 1 aliphatic heterocycles. The first-order chi connectivity index (χ1) is 13.4. The summed E-state index contributed by atoms with van der Waals surface area (Å²) in [5.74, 6) is -1.20. The zero-order chi connectivity index (χ0) is 19.8. The SMILES string of the molecule is Cc1ccc2c(CC(=O)OCC(=O)c3ccc4c(c3)[C@@H](C)C(=O)N4)coc2c1. The van der Waals surface area contributed by atoms with Gasteiger partial charge in [-0.2, -0.15) is 0 Å². The molecule has 1 aromatic heterocycles. The summed E-state index contributed by atoms with van der Waals surface area (Å²) >= 11 is 0. The molecule has 1 aliphatic rings. The van der Waals surface area contributed by atoms with Gasteiger partial charge in [-0.1, -0.05) is 12.1 Å². The number of benzene rings is 2. The molecule has 0 unspecified atom stereocenters. The van der Waals surface area contributed by atoms with Crippen LogP contribution in [0.4, 0.5) is 5.69 Å². The number of hydrogen-bond acceptors (Lipinski definition) is 5. The fourth-order valence-corrected chi connectivity index (χ4v) is 3.35. The number of ketones is 1.